The number of rotatable bonds is 6. The molecule has 1 saturated heterocycles. The molecule has 1 atom stereocenters. The molecule has 0 aliphatic carbocycles. The van der Waals surface area contributed by atoms with Gasteiger partial charge < -0.3 is 19.1 Å². The summed E-state index contributed by atoms with van der Waals surface area (Å²) in [7, 11) is 0.117. The smallest absolute Gasteiger partial charge is 0.345 e. The average molecular weight is 466 g/mol. The summed E-state index contributed by atoms with van der Waals surface area (Å²) in [5.74, 6) is -0.392. The second kappa shape index (κ2) is 9.60. The maximum Gasteiger partial charge on any atom is 0.345 e. The van der Waals surface area contributed by atoms with Gasteiger partial charge in [-0.05, 0) is 44.0 Å². The number of likely N-dealkylation sites (N-methyl/N-ethyl adjacent to an activating group) is 1. The first-order valence-electron chi connectivity index (χ1n) is 10.2. The van der Waals surface area contributed by atoms with Gasteiger partial charge in [0.1, 0.15) is 5.70 Å². The number of likely N-dealkylation sites (tertiary alicyclic amines) is 1. The van der Waals surface area contributed by atoms with Crippen molar-refractivity contribution in [1.82, 2.24) is 9.21 Å². The first-order chi connectivity index (χ1) is 15.2. The maximum atomic E-state index is 13.3. The molecule has 11 heteroatoms. The van der Waals surface area contributed by atoms with E-state index in [0.29, 0.717) is 36.4 Å². The van der Waals surface area contributed by atoms with E-state index in [0.717, 1.165) is 4.31 Å². The number of amides is 1. The Morgan fingerprint density at radius 1 is 1.19 bits per heavy atom. The largest absolute Gasteiger partial charge is 0.493 e. The van der Waals surface area contributed by atoms with Gasteiger partial charge in [0.15, 0.2) is 11.5 Å². The standard InChI is InChI=1S/C21H27N3O7S/c1-5-31-21(26)15-7-6-10-24(13-15)20(25)17-12-16(22-32(27,28)23(17)2)14-8-9-18(29-3)19(11-14)30-4/h8-9,11-12,15H,5-7,10,13H2,1-4H3/t15-/m1/s1. The van der Waals surface area contributed by atoms with Gasteiger partial charge in [-0.3, -0.25) is 9.59 Å². The van der Waals surface area contributed by atoms with Gasteiger partial charge in [0.2, 0.25) is 0 Å². The predicted molar refractivity (Wildman–Crippen MR) is 117 cm³/mol. The van der Waals surface area contributed by atoms with E-state index in [1.165, 1.54) is 32.2 Å². The molecule has 0 N–H and O–H groups in total. The number of piperidine rings is 1. The van der Waals surface area contributed by atoms with E-state index in [2.05, 4.69) is 4.40 Å². The van der Waals surface area contributed by atoms with E-state index in [-0.39, 0.29) is 30.5 Å². The van der Waals surface area contributed by atoms with Crippen LogP contribution in [0.25, 0.3) is 0 Å². The first-order valence-corrected chi connectivity index (χ1v) is 11.6. The lowest BCUT2D eigenvalue weighted by Gasteiger charge is -2.34. The van der Waals surface area contributed by atoms with Crippen LogP contribution >= 0.6 is 0 Å². The van der Waals surface area contributed by atoms with Crippen molar-refractivity contribution in [3.05, 3.63) is 35.5 Å². The Kier molecular flexibility index (Phi) is 7.07. The molecular weight excluding hydrogens is 438 g/mol. The quantitative estimate of drug-likeness (QED) is 0.583. The van der Waals surface area contributed by atoms with Gasteiger partial charge in [-0.25, -0.2) is 4.31 Å². The number of carbonyl (C=O) groups is 2. The summed E-state index contributed by atoms with van der Waals surface area (Å²) in [6, 6.07) is 4.86. The molecule has 0 aromatic heterocycles. The molecule has 2 aliphatic heterocycles. The summed E-state index contributed by atoms with van der Waals surface area (Å²) in [6.45, 7) is 2.58. The Balaban J connectivity index is 1.93. The number of esters is 1. The molecule has 0 spiro atoms. The second-order valence-corrected chi connectivity index (χ2v) is 8.99. The summed E-state index contributed by atoms with van der Waals surface area (Å²) >= 11 is 0. The fourth-order valence-electron chi connectivity index (χ4n) is 3.66. The van der Waals surface area contributed by atoms with E-state index in [1.54, 1.807) is 25.1 Å². The fraction of sp³-hybridized carbons (Fsp3) is 0.476. The minimum atomic E-state index is -4.12. The zero-order valence-corrected chi connectivity index (χ0v) is 19.3. The van der Waals surface area contributed by atoms with E-state index in [4.69, 9.17) is 14.2 Å². The van der Waals surface area contributed by atoms with Crippen LogP contribution < -0.4 is 9.47 Å². The van der Waals surface area contributed by atoms with Gasteiger partial charge in [-0.1, -0.05) is 0 Å². The van der Waals surface area contributed by atoms with Gasteiger partial charge in [-0.2, -0.15) is 8.42 Å². The second-order valence-electron chi connectivity index (χ2n) is 7.36. The van der Waals surface area contributed by atoms with Crippen molar-refractivity contribution in [2.75, 3.05) is 41.0 Å². The minimum absolute atomic E-state index is 0.0470. The molecular formula is C21H27N3O7S. The van der Waals surface area contributed by atoms with Crippen LogP contribution in [0, 0.1) is 5.92 Å². The molecule has 1 aromatic carbocycles. The maximum absolute atomic E-state index is 13.3. The Hall–Kier alpha value is -3.08. The van der Waals surface area contributed by atoms with Crippen LogP contribution in [0.2, 0.25) is 0 Å². The number of allylic oxidation sites excluding steroid dienone is 1. The molecule has 3 rings (SSSR count). The van der Waals surface area contributed by atoms with Crippen LogP contribution in [0.4, 0.5) is 0 Å². The molecule has 2 aliphatic rings. The highest BCUT2D eigenvalue weighted by Gasteiger charge is 2.36. The summed E-state index contributed by atoms with van der Waals surface area (Å²) in [4.78, 5) is 26.9. The van der Waals surface area contributed by atoms with Gasteiger partial charge in [-0.15, -0.1) is 4.40 Å². The molecule has 0 bridgehead atoms. The van der Waals surface area contributed by atoms with Crippen LogP contribution in [-0.2, 0) is 24.5 Å². The topological polar surface area (TPSA) is 115 Å². The van der Waals surface area contributed by atoms with Crippen molar-refractivity contribution >= 4 is 27.8 Å². The van der Waals surface area contributed by atoms with E-state index < -0.39 is 22.0 Å². The Morgan fingerprint density at radius 2 is 1.91 bits per heavy atom. The summed E-state index contributed by atoms with van der Waals surface area (Å²) in [5.41, 5.74) is 0.508. The number of hydrogen-bond donors (Lipinski definition) is 0. The zero-order valence-electron chi connectivity index (χ0n) is 18.5. The number of nitrogens with zero attached hydrogens (tertiary/aromatic N) is 3. The molecule has 1 amide bonds. The fourth-order valence-corrected chi connectivity index (χ4v) is 4.57. The monoisotopic (exact) mass is 465 g/mol. The summed E-state index contributed by atoms with van der Waals surface area (Å²) < 4.78 is 45.7. The van der Waals surface area contributed by atoms with Gasteiger partial charge >= 0.3 is 16.2 Å². The highest BCUT2D eigenvalue weighted by molar-refractivity contribution is 7.88. The number of methoxy groups -OCH3 is 2. The molecule has 10 nitrogen and oxygen atoms in total. The molecule has 0 saturated carbocycles. The molecule has 174 valence electrons. The lowest BCUT2D eigenvalue weighted by Crippen LogP contribution is -2.46. The van der Waals surface area contributed by atoms with Gasteiger partial charge in [0, 0.05) is 25.7 Å². The number of hydrogen-bond acceptors (Lipinski definition) is 7. The third-order valence-corrected chi connectivity index (χ3v) is 6.72. The summed E-state index contributed by atoms with van der Waals surface area (Å²) in [5, 5.41) is 0. The van der Waals surface area contributed by atoms with E-state index in [1.807, 2.05) is 0 Å². The molecule has 1 aromatic rings. The number of benzene rings is 1. The predicted octanol–water partition coefficient (Wildman–Crippen LogP) is 1.37. The van der Waals surface area contributed by atoms with Crippen LogP contribution in [0.3, 0.4) is 0 Å². The number of ether oxygens (including phenoxy) is 3. The third kappa shape index (κ3) is 4.72. The molecule has 0 unspecified atom stereocenters. The molecule has 1 fully saturated rings. The first kappa shape index (κ1) is 23.6. The van der Waals surface area contributed by atoms with Crippen LogP contribution in [-0.4, -0.2) is 76.2 Å². The zero-order chi connectivity index (χ0) is 23.5. The molecule has 2 heterocycles. The Morgan fingerprint density at radius 3 is 2.56 bits per heavy atom. The Labute approximate surface area is 187 Å². The lowest BCUT2D eigenvalue weighted by molar-refractivity contribution is -0.151. The van der Waals surface area contributed by atoms with Crippen LogP contribution in [0.1, 0.15) is 25.3 Å². The van der Waals surface area contributed by atoms with Gasteiger partial charge in [0.25, 0.3) is 5.91 Å². The lowest BCUT2D eigenvalue weighted by atomic mass is 9.97. The third-order valence-electron chi connectivity index (χ3n) is 5.40. The Bertz CT molecular complexity index is 1070. The normalized spacial score (nSPS) is 20.2. The SMILES string of the molecule is CCOC(=O)[C@@H]1CCCN(C(=O)C2=CC(c3ccc(OC)c(OC)c3)=NS(=O)(=O)N2C)C1. The van der Waals surface area contributed by atoms with Gasteiger partial charge in [0.05, 0.1) is 32.5 Å². The highest BCUT2D eigenvalue weighted by atomic mass is 32.2. The van der Waals surface area contributed by atoms with Crippen molar-refractivity contribution in [3.8, 4) is 11.5 Å². The van der Waals surface area contributed by atoms with Crippen LogP contribution in [0.15, 0.2) is 34.4 Å². The van der Waals surface area contributed by atoms with Crippen molar-refractivity contribution in [2.45, 2.75) is 19.8 Å². The van der Waals surface area contributed by atoms with Crippen LogP contribution in [0.5, 0.6) is 11.5 Å². The van der Waals surface area contributed by atoms with Crippen molar-refractivity contribution in [1.29, 1.82) is 0 Å². The van der Waals surface area contributed by atoms with E-state index >= 15 is 0 Å². The van der Waals surface area contributed by atoms with Crippen molar-refractivity contribution in [2.24, 2.45) is 10.3 Å². The minimum Gasteiger partial charge on any atom is -0.493 e. The van der Waals surface area contributed by atoms with Crippen molar-refractivity contribution < 1.29 is 32.2 Å². The average Bonchev–Trinajstić information content (AvgIpc) is 2.80. The highest BCUT2D eigenvalue weighted by Crippen LogP contribution is 2.30. The molecule has 32 heavy (non-hydrogen) atoms. The molecule has 0 radical (unpaired) electrons. The van der Waals surface area contributed by atoms with E-state index in [9.17, 15) is 18.0 Å². The number of carbonyl (C=O) groups excluding carboxylic acids is 2. The van der Waals surface area contributed by atoms with Crippen molar-refractivity contribution in [3.63, 3.8) is 0 Å². The summed E-state index contributed by atoms with van der Waals surface area (Å²) in [6.07, 6.45) is 2.67.